The van der Waals surface area contributed by atoms with Crippen molar-refractivity contribution >= 4 is 24.2 Å². The first-order chi connectivity index (χ1) is 6.93. The van der Waals surface area contributed by atoms with Crippen LogP contribution in [0, 0.1) is 20.8 Å². The second kappa shape index (κ2) is 4.74. The van der Waals surface area contributed by atoms with Gasteiger partial charge in [-0.3, -0.25) is 0 Å². The van der Waals surface area contributed by atoms with Crippen LogP contribution < -0.4 is 0 Å². The third kappa shape index (κ3) is 2.77. The average molecular weight is 244 g/mol. The third-order valence-electron chi connectivity index (χ3n) is 2.44. The van der Waals surface area contributed by atoms with Crippen molar-refractivity contribution in [2.45, 2.75) is 20.8 Å². The predicted octanol–water partition coefficient (Wildman–Crippen LogP) is 1.52. The van der Waals surface area contributed by atoms with Gasteiger partial charge < -0.3 is 5.11 Å². The van der Waals surface area contributed by atoms with Crippen LogP contribution in [0.25, 0.3) is 0 Å². The van der Waals surface area contributed by atoms with E-state index in [-0.39, 0.29) is 5.05 Å². The monoisotopic (exact) mass is 244 g/mol. The molecule has 0 fully saturated rings. The van der Waals surface area contributed by atoms with Crippen molar-refractivity contribution in [3.05, 3.63) is 34.4 Å². The van der Waals surface area contributed by atoms with Crippen molar-refractivity contribution in [3.8, 4) is 0 Å². The fourth-order valence-corrected chi connectivity index (χ4v) is 2.39. The van der Waals surface area contributed by atoms with Crippen LogP contribution in [0.2, 0.25) is 0 Å². The zero-order valence-corrected chi connectivity index (χ0v) is 10.4. The number of benzene rings is 1. The first-order valence-corrected chi connectivity index (χ1v) is 6.75. The Morgan fingerprint density at radius 1 is 1.20 bits per heavy atom. The Morgan fingerprint density at radius 3 is 2.33 bits per heavy atom. The highest BCUT2D eigenvalue weighted by Crippen LogP contribution is 2.16. The van der Waals surface area contributed by atoms with Gasteiger partial charge in [-0.25, -0.2) is 0 Å². The summed E-state index contributed by atoms with van der Waals surface area (Å²) in [6.07, 6.45) is 0. The van der Waals surface area contributed by atoms with Gasteiger partial charge in [0.25, 0.3) is 9.26 Å². The molecule has 0 radical (unpaired) electrons. The Morgan fingerprint density at radius 2 is 1.80 bits per heavy atom. The van der Waals surface area contributed by atoms with E-state index in [2.05, 4.69) is 0 Å². The molecule has 0 saturated heterocycles. The SMILES string of the molecule is Cc1ccc(C(O)=S=S(=O)=O)c(C)c1C. The van der Waals surface area contributed by atoms with Crippen LogP contribution in [0.4, 0.5) is 0 Å². The highest BCUT2D eigenvalue weighted by Gasteiger charge is 2.06. The molecule has 82 valence electrons. The number of hydrogen-bond donors (Lipinski definition) is 1. The standard InChI is InChI=1S/C10H12O3S2/c1-6-4-5-9(8(3)7(6)2)10(11)14-15(12)13/h4-5,11H,1-3H3. The molecular formula is C10H12O3S2. The van der Waals surface area contributed by atoms with Crippen LogP contribution in [0.5, 0.6) is 0 Å². The molecule has 0 saturated carbocycles. The van der Waals surface area contributed by atoms with Crippen molar-refractivity contribution in [3.63, 3.8) is 0 Å². The highest BCUT2D eigenvalue weighted by atomic mass is 32.8. The van der Waals surface area contributed by atoms with Crippen LogP contribution in [-0.4, -0.2) is 18.6 Å². The van der Waals surface area contributed by atoms with E-state index in [1.54, 1.807) is 6.07 Å². The third-order valence-corrected chi connectivity index (χ3v) is 3.83. The van der Waals surface area contributed by atoms with Gasteiger partial charge in [0.05, 0.1) is 0 Å². The van der Waals surface area contributed by atoms with Crippen LogP contribution >= 0.6 is 0 Å². The maximum atomic E-state index is 10.4. The summed E-state index contributed by atoms with van der Waals surface area (Å²) >= 11 is 0. The summed E-state index contributed by atoms with van der Waals surface area (Å²) in [5.74, 6) is 0. The molecule has 0 heterocycles. The average Bonchev–Trinajstić information content (AvgIpc) is 2.13. The summed E-state index contributed by atoms with van der Waals surface area (Å²) in [4.78, 5) is 0. The van der Waals surface area contributed by atoms with E-state index >= 15 is 0 Å². The lowest BCUT2D eigenvalue weighted by Gasteiger charge is -2.08. The molecular weight excluding hydrogens is 232 g/mol. The van der Waals surface area contributed by atoms with E-state index in [1.807, 2.05) is 26.8 Å². The molecule has 0 aliphatic carbocycles. The second-order valence-corrected chi connectivity index (χ2v) is 5.55. The lowest BCUT2D eigenvalue weighted by Crippen LogP contribution is -2.03. The first-order valence-electron chi connectivity index (χ1n) is 4.34. The van der Waals surface area contributed by atoms with Gasteiger partial charge in [-0.15, -0.1) is 0 Å². The van der Waals surface area contributed by atoms with Crippen molar-refractivity contribution in [1.29, 1.82) is 0 Å². The second-order valence-electron chi connectivity index (χ2n) is 3.27. The molecule has 1 aromatic carbocycles. The molecule has 15 heavy (non-hydrogen) atoms. The minimum atomic E-state index is -2.34. The smallest absolute Gasteiger partial charge is 0.275 e. The molecule has 0 amide bonds. The van der Waals surface area contributed by atoms with Crippen molar-refractivity contribution in [2.24, 2.45) is 0 Å². The van der Waals surface area contributed by atoms with Gasteiger partial charge in [-0.1, -0.05) is 12.1 Å². The van der Waals surface area contributed by atoms with Crippen molar-refractivity contribution < 1.29 is 13.5 Å². The topological polar surface area (TPSA) is 54.4 Å². The van der Waals surface area contributed by atoms with E-state index in [0.29, 0.717) is 15.5 Å². The Kier molecular flexibility index (Phi) is 3.84. The maximum Gasteiger partial charge on any atom is 0.275 e. The highest BCUT2D eigenvalue weighted by molar-refractivity contribution is 8.23. The largest absolute Gasteiger partial charge is 0.351 e. The number of aliphatic hydroxyl groups is 1. The lowest BCUT2D eigenvalue weighted by atomic mass is 9.99. The summed E-state index contributed by atoms with van der Waals surface area (Å²) < 4.78 is 20.9. The van der Waals surface area contributed by atoms with E-state index in [0.717, 1.165) is 16.7 Å². The molecule has 5 heteroatoms. The molecule has 0 aromatic heterocycles. The molecule has 1 aromatic rings. The Bertz CT molecular complexity index is 557. The van der Waals surface area contributed by atoms with Crippen LogP contribution in [0.3, 0.4) is 0 Å². The minimum Gasteiger partial charge on any atom is -0.351 e. The number of aliphatic hydroxyl groups excluding tert-OH is 1. The fourth-order valence-electron chi connectivity index (χ4n) is 1.30. The van der Waals surface area contributed by atoms with Gasteiger partial charge >= 0.3 is 0 Å². The van der Waals surface area contributed by atoms with E-state index in [9.17, 15) is 13.5 Å². The Labute approximate surface area is 93.1 Å². The Balaban J connectivity index is 3.55. The van der Waals surface area contributed by atoms with E-state index in [4.69, 9.17) is 0 Å². The minimum absolute atomic E-state index is 0.177. The van der Waals surface area contributed by atoms with Gasteiger partial charge in [0, 0.05) is 15.5 Å². The molecule has 0 atom stereocenters. The summed E-state index contributed by atoms with van der Waals surface area (Å²) in [6, 6.07) is 3.59. The number of hydrogen-bond acceptors (Lipinski definition) is 2. The quantitative estimate of drug-likeness (QED) is 0.762. The van der Waals surface area contributed by atoms with Gasteiger partial charge in [0.2, 0.25) is 0 Å². The van der Waals surface area contributed by atoms with Gasteiger partial charge in [-0.2, -0.15) is 8.42 Å². The molecule has 0 aliphatic heterocycles. The zero-order valence-electron chi connectivity index (χ0n) is 8.73. The zero-order chi connectivity index (χ0) is 11.6. The molecule has 0 unspecified atom stereocenters. The van der Waals surface area contributed by atoms with Crippen LogP contribution in [-0.2, 0) is 19.2 Å². The van der Waals surface area contributed by atoms with E-state index in [1.165, 1.54) is 0 Å². The van der Waals surface area contributed by atoms with Gasteiger partial charge in [0.1, 0.15) is 5.05 Å². The lowest BCUT2D eigenvalue weighted by molar-refractivity contribution is 0.570. The molecule has 1 N–H and O–H groups in total. The van der Waals surface area contributed by atoms with E-state index < -0.39 is 9.26 Å². The summed E-state index contributed by atoms with van der Waals surface area (Å²) in [5.41, 5.74) is 3.67. The summed E-state index contributed by atoms with van der Waals surface area (Å²) in [5, 5.41) is 9.40. The molecule has 0 bridgehead atoms. The molecule has 1 rings (SSSR count). The molecule has 0 spiro atoms. The summed E-state index contributed by atoms with van der Waals surface area (Å²) in [7, 11) is -1.91. The van der Waals surface area contributed by atoms with Crippen molar-refractivity contribution in [2.75, 3.05) is 0 Å². The number of aryl methyl sites for hydroxylation is 1. The van der Waals surface area contributed by atoms with Crippen LogP contribution in [0.1, 0.15) is 22.3 Å². The Hall–Kier alpha value is -0.910. The number of rotatable bonds is 1. The van der Waals surface area contributed by atoms with Crippen molar-refractivity contribution in [1.82, 2.24) is 0 Å². The van der Waals surface area contributed by atoms with Gasteiger partial charge in [0.15, 0.2) is 0 Å². The fraction of sp³-hybridized carbons (Fsp3) is 0.300. The molecule has 3 nitrogen and oxygen atoms in total. The van der Waals surface area contributed by atoms with Crippen LogP contribution in [0.15, 0.2) is 12.1 Å². The molecule has 0 aliphatic rings. The summed E-state index contributed by atoms with van der Waals surface area (Å²) in [6.45, 7) is 5.78. The predicted molar refractivity (Wildman–Crippen MR) is 63.7 cm³/mol. The normalized spacial score (nSPS) is 9.87. The maximum absolute atomic E-state index is 10.4. The first kappa shape index (κ1) is 12.2. The van der Waals surface area contributed by atoms with Gasteiger partial charge in [-0.05, 0) is 37.5 Å².